The second-order valence-electron chi connectivity index (χ2n) is 5.76. The predicted molar refractivity (Wildman–Crippen MR) is 92.0 cm³/mol. The second kappa shape index (κ2) is 7.17. The third-order valence-corrected chi connectivity index (χ3v) is 4.01. The molecule has 3 rings (SSSR count). The molecule has 0 fully saturated rings. The molecule has 2 aromatic rings. The molecule has 2 amide bonds. The molecule has 0 bridgehead atoms. The van der Waals surface area contributed by atoms with Gasteiger partial charge in [0.2, 0.25) is 5.91 Å². The van der Waals surface area contributed by atoms with Crippen LogP contribution in [0.2, 0.25) is 0 Å². The summed E-state index contributed by atoms with van der Waals surface area (Å²) in [5.41, 5.74) is 2.10. The van der Waals surface area contributed by atoms with Gasteiger partial charge in [0.05, 0.1) is 0 Å². The summed E-state index contributed by atoms with van der Waals surface area (Å²) in [6.45, 7) is 2.24. The van der Waals surface area contributed by atoms with Gasteiger partial charge in [-0.1, -0.05) is 36.4 Å². The van der Waals surface area contributed by atoms with Gasteiger partial charge in [0.25, 0.3) is 5.91 Å². The van der Waals surface area contributed by atoms with Crippen LogP contribution in [0.1, 0.15) is 12.5 Å². The first-order valence-electron chi connectivity index (χ1n) is 8.01. The molecule has 124 valence electrons. The van der Waals surface area contributed by atoms with Gasteiger partial charge in [-0.25, -0.2) is 0 Å². The lowest BCUT2D eigenvalue weighted by Crippen LogP contribution is -2.47. The number of ether oxygens (including phenoxy) is 1. The summed E-state index contributed by atoms with van der Waals surface area (Å²) < 4.78 is 5.39. The van der Waals surface area contributed by atoms with E-state index in [4.69, 9.17) is 4.74 Å². The summed E-state index contributed by atoms with van der Waals surface area (Å²) in [7, 11) is 0. The van der Waals surface area contributed by atoms with Gasteiger partial charge in [0, 0.05) is 12.2 Å². The van der Waals surface area contributed by atoms with E-state index in [-0.39, 0.29) is 18.4 Å². The Balaban J connectivity index is 1.54. The highest BCUT2D eigenvalue weighted by Crippen LogP contribution is 2.27. The van der Waals surface area contributed by atoms with Gasteiger partial charge >= 0.3 is 0 Å². The lowest BCUT2D eigenvalue weighted by Gasteiger charge is -2.22. The van der Waals surface area contributed by atoms with E-state index in [2.05, 4.69) is 5.32 Å². The average Bonchev–Trinajstić information content (AvgIpc) is 3.04. The minimum Gasteiger partial charge on any atom is -0.484 e. The predicted octanol–water partition coefficient (Wildman–Crippen LogP) is 2.16. The van der Waals surface area contributed by atoms with E-state index in [9.17, 15) is 9.59 Å². The lowest BCUT2D eigenvalue weighted by molar-refractivity contribution is -0.128. The molecule has 0 aliphatic carbocycles. The molecule has 1 heterocycles. The Morgan fingerprint density at radius 1 is 1.12 bits per heavy atom. The lowest BCUT2D eigenvalue weighted by atomic mass is 10.2. The number of para-hydroxylation sites is 2. The Bertz CT molecular complexity index is 730. The molecule has 1 N–H and O–H groups in total. The number of hydrogen-bond acceptors (Lipinski definition) is 3. The number of nitrogens with one attached hydrogen (secondary N) is 1. The van der Waals surface area contributed by atoms with Crippen molar-refractivity contribution < 1.29 is 14.3 Å². The first-order chi connectivity index (χ1) is 11.6. The largest absolute Gasteiger partial charge is 0.484 e. The number of fused-ring (bicyclic) bond motifs is 1. The quantitative estimate of drug-likeness (QED) is 0.917. The van der Waals surface area contributed by atoms with Crippen molar-refractivity contribution in [2.75, 3.05) is 18.1 Å². The Morgan fingerprint density at radius 3 is 2.62 bits per heavy atom. The van der Waals surface area contributed by atoms with Gasteiger partial charge in [-0.2, -0.15) is 0 Å². The van der Waals surface area contributed by atoms with Gasteiger partial charge in [0.15, 0.2) is 6.61 Å². The minimum atomic E-state index is -0.594. The highest BCUT2D eigenvalue weighted by Gasteiger charge is 2.28. The normalized spacial score (nSPS) is 14.0. The maximum Gasteiger partial charge on any atom is 0.258 e. The highest BCUT2D eigenvalue weighted by molar-refractivity contribution is 6.00. The average molecular weight is 324 g/mol. The smallest absolute Gasteiger partial charge is 0.258 e. The fourth-order valence-electron chi connectivity index (χ4n) is 2.81. The van der Waals surface area contributed by atoms with Crippen LogP contribution in [0.25, 0.3) is 0 Å². The number of benzene rings is 2. The van der Waals surface area contributed by atoms with Crippen molar-refractivity contribution >= 4 is 17.5 Å². The SMILES string of the molecule is C[C@H](NC(=O)COc1ccccc1)C(=O)N1CCc2ccccc21. The molecule has 0 saturated heterocycles. The van der Waals surface area contributed by atoms with Gasteiger partial charge in [0.1, 0.15) is 11.8 Å². The van der Waals surface area contributed by atoms with Crippen molar-refractivity contribution in [3.8, 4) is 5.75 Å². The summed E-state index contributed by atoms with van der Waals surface area (Å²) in [5.74, 6) is 0.209. The molecule has 0 unspecified atom stereocenters. The topological polar surface area (TPSA) is 58.6 Å². The summed E-state index contributed by atoms with van der Waals surface area (Å²) in [6, 6.07) is 16.4. The van der Waals surface area contributed by atoms with E-state index in [1.165, 1.54) is 0 Å². The van der Waals surface area contributed by atoms with Crippen LogP contribution >= 0.6 is 0 Å². The van der Waals surface area contributed by atoms with E-state index in [1.807, 2.05) is 42.5 Å². The summed E-state index contributed by atoms with van der Waals surface area (Å²) in [6.07, 6.45) is 0.847. The highest BCUT2D eigenvalue weighted by atomic mass is 16.5. The first-order valence-corrected chi connectivity index (χ1v) is 8.01. The van der Waals surface area contributed by atoms with E-state index >= 15 is 0 Å². The van der Waals surface area contributed by atoms with Crippen LogP contribution in [0.5, 0.6) is 5.75 Å². The second-order valence-corrected chi connectivity index (χ2v) is 5.76. The summed E-state index contributed by atoms with van der Waals surface area (Å²) >= 11 is 0. The third kappa shape index (κ3) is 3.56. The standard InChI is InChI=1S/C19H20N2O3/c1-14(20-18(22)13-24-16-8-3-2-4-9-16)19(23)21-12-11-15-7-5-6-10-17(15)21/h2-10,14H,11-13H2,1H3,(H,20,22)/t14-/m0/s1. The van der Waals surface area contributed by atoms with Crippen molar-refractivity contribution in [1.29, 1.82) is 0 Å². The van der Waals surface area contributed by atoms with Crippen molar-refractivity contribution in [2.45, 2.75) is 19.4 Å². The number of rotatable bonds is 5. The molecule has 5 nitrogen and oxygen atoms in total. The van der Waals surface area contributed by atoms with Crippen LogP contribution in [0.4, 0.5) is 5.69 Å². The Hall–Kier alpha value is -2.82. The molecule has 0 saturated carbocycles. The van der Waals surface area contributed by atoms with Crippen molar-refractivity contribution in [2.24, 2.45) is 0 Å². The molecule has 1 aliphatic heterocycles. The van der Waals surface area contributed by atoms with Gasteiger partial charge in [-0.15, -0.1) is 0 Å². The summed E-state index contributed by atoms with van der Waals surface area (Å²) in [4.78, 5) is 26.3. The van der Waals surface area contributed by atoms with Crippen LogP contribution in [0.3, 0.4) is 0 Å². The van der Waals surface area contributed by atoms with Gasteiger partial charge in [-0.3, -0.25) is 9.59 Å². The maximum atomic E-state index is 12.6. The Morgan fingerprint density at radius 2 is 1.83 bits per heavy atom. The number of amides is 2. The van der Waals surface area contributed by atoms with Crippen molar-refractivity contribution in [3.05, 3.63) is 60.2 Å². The zero-order valence-corrected chi connectivity index (χ0v) is 13.6. The molecular formula is C19H20N2O3. The number of anilines is 1. The Kier molecular flexibility index (Phi) is 4.79. The number of nitrogens with zero attached hydrogens (tertiary/aromatic N) is 1. The van der Waals surface area contributed by atoms with Crippen LogP contribution in [0, 0.1) is 0 Å². The molecule has 0 aromatic heterocycles. The fourth-order valence-corrected chi connectivity index (χ4v) is 2.81. The molecule has 2 aromatic carbocycles. The molecule has 24 heavy (non-hydrogen) atoms. The third-order valence-electron chi connectivity index (χ3n) is 4.01. The van der Waals surface area contributed by atoms with Gasteiger partial charge in [-0.05, 0) is 37.1 Å². The number of hydrogen-bond donors (Lipinski definition) is 1. The summed E-state index contributed by atoms with van der Waals surface area (Å²) in [5, 5.41) is 2.70. The first kappa shape index (κ1) is 16.1. The van der Waals surface area contributed by atoms with Crippen LogP contribution in [-0.2, 0) is 16.0 Å². The maximum absolute atomic E-state index is 12.6. The van der Waals surface area contributed by atoms with E-state index in [0.29, 0.717) is 12.3 Å². The van der Waals surface area contributed by atoms with E-state index < -0.39 is 6.04 Å². The molecule has 5 heteroatoms. The fraction of sp³-hybridized carbons (Fsp3) is 0.263. The van der Waals surface area contributed by atoms with Crippen LogP contribution in [-0.4, -0.2) is 31.0 Å². The molecule has 1 atom stereocenters. The van der Waals surface area contributed by atoms with Gasteiger partial charge < -0.3 is 15.0 Å². The van der Waals surface area contributed by atoms with E-state index in [1.54, 1.807) is 24.0 Å². The Labute approximate surface area is 141 Å². The van der Waals surface area contributed by atoms with Crippen molar-refractivity contribution in [3.63, 3.8) is 0 Å². The zero-order chi connectivity index (χ0) is 16.9. The molecule has 1 aliphatic rings. The molecule has 0 spiro atoms. The molecule has 0 radical (unpaired) electrons. The van der Waals surface area contributed by atoms with Crippen LogP contribution < -0.4 is 15.0 Å². The molecular weight excluding hydrogens is 304 g/mol. The van der Waals surface area contributed by atoms with Crippen LogP contribution in [0.15, 0.2) is 54.6 Å². The van der Waals surface area contributed by atoms with E-state index in [0.717, 1.165) is 17.7 Å². The zero-order valence-electron chi connectivity index (χ0n) is 13.6. The number of carbonyl (C=O) groups is 2. The number of carbonyl (C=O) groups excluding carboxylic acids is 2. The van der Waals surface area contributed by atoms with Crippen molar-refractivity contribution in [1.82, 2.24) is 5.32 Å². The minimum absolute atomic E-state index is 0.104. The monoisotopic (exact) mass is 324 g/mol.